The van der Waals surface area contributed by atoms with Crippen molar-refractivity contribution in [2.45, 2.75) is 18.9 Å². The molecule has 0 amide bonds. The van der Waals surface area contributed by atoms with E-state index in [0.29, 0.717) is 19.4 Å². The van der Waals surface area contributed by atoms with Gasteiger partial charge in [-0.05, 0) is 12.8 Å². The Morgan fingerprint density at radius 1 is 1.25 bits per heavy atom. The van der Waals surface area contributed by atoms with Crippen molar-refractivity contribution in [3.05, 3.63) is 0 Å². The standard InChI is InChI=1S/C6H14N4O2.2ClH.2H2O/c7-4(5(11)12)2-1-3-10-6(8)9;;;;/h4H,1-3,7H2,(H,11,12)(H4,8,9,10);2*1H;2*1H2/t4-;;;;/m0..../s1. The zero-order chi connectivity index (χ0) is 9.56. The fourth-order valence-corrected chi connectivity index (χ4v) is 0.643. The van der Waals surface area contributed by atoms with Crippen LogP contribution in [0.15, 0.2) is 4.99 Å². The molecule has 0 spiro atoms. The third kappa shape index (κ3) is 18.9. The van der Waals surface area contributed by atoms with Crippen molar-refractivity contribution >= 4 is 36.7 Å². The molecule has 0 aliphatic rings. The van der Waals surface area contributed by atoms with E-state index in [-0.39, 0.29) is 41.7 Å². The molecule has 0 bridgehead atoms. The predicted molar refractivity (Wildman–Crippen MR) is 67.2 cm³/mol. The van der Waals surface area contributed by atoms with E-state index in [1.54, 1.807) is 0 Å². The minimum absolute atomic E-state index is 0. The monoisotopic (exact) mass is 282 g/mol. The second kappa shape index (κ2) is 16.6. The summed E-state index contributed by atoms with van der Waals surface area (Å²) < 4.78 is 0. The van der Waals surface area contributed by atoms with Crippen molar-refractivity contribution in [3.63, 3.8) is 0 Å². The van der Waals surface area contributed by atoms with Gasteiger partial charge in [-0.3, -0.25) is 9.79 Å². The summed E-state index contributed by atoms with van der Waals surface area (Å²) in [4.78, 5) is 13.9. The maximum absolute atomic E-state index is 10.2. The Morgan fingerprint density at radius 3 is 2.00 bits per heavy atom. The van der Waals surface area contributed by atoms with E-state index in [9.17, 15) is 4.79 Å². The normalized spacial score (nSPS) is 9.06. The van der Waals surface area contributed by atoms with Crippen LogP contribution in [0.3, 0.4) is 0 Å². The molecule has 0 aliphatic heterocycles. The summed E-state index contributed by atoms with van der Waals surface area (Å²) >= 11 is 0. The second-order valence-electron chi connectivity index (χ2n) is 2.39. The molecule has 1 atom stereocenters. The van der Waals surface area contributed by atoms with Gasteiger partial charge in [0.05, 0.1) is 0 Å². The van der Waals surface area contributed by atoms with E-state index in [0.717, 1.165) is 0 Å². The summed E-state index contributed by atoms with van der Waals surface area (Å²) in [6, 6.07) is -0.820. The highest BCUT2D eigenvalue weighted by atomic mass is 35.5. The van der Waals surface area contributed by atoms with Crippen LogP contribution in [0, 0.1) is 0 Å². The molecule has 0 saturated carbocycles. The quantitative estimate of drug-likeness (QED) is 0.249. The first-order valence-corrected chi connectivity index (χ1v) is 3.58. The van der Waals surface area contributed by atoms with Gasteiger partial charge in [-0.15, -0.1) is 24.8 Å². The summed E-state index contributed by atoms with van der Waals surface area (Å²) in [6.45, 7) is 0.420. The lowest BCUT2D eigenvalue weighted by Gasteiger charge is -2.03. The number of guanidine groups is 1. The van der Waals surface area contributed by atoms with Crippen LogP contribution in [0.25, 0.3) is 0 Å². The largest absolute Gasteiger partial charge is 0.480 e. The third-order valence-electron chi connectivity index (χ3n) is 1.28. The fourth-order valence-electron chi connectivity index (χ4n) is 0.643. The van der Waals surface area contributed by atoms with Crippen LogP contribution in [0.4, 0.5) is 0 Å². The molecule has 0 heterocycles. The van der Waals surface area contributed by atoms with Crippen molar-refractivity contribution in [1.82, 2.24) is 0 Å². The Labute approximate surface area is 106 Å². The van der Waals surface area contributed by atoms with Gasteiger partial charge in [-0.1, -0.05) is 0 Å². The number of hydrogen-bond donors (Lipinski definition) is 4. The summed E-state index contributed by atoms with van der Waals surface area (Å²) in [6.07, 6.45) is 0.956. The van der Waals surface area contributed by atoms with Crippen LogP contribution in [0.2, 0.25) is 0 Å². The second-order valence-corrected chi connectivity index (χ2v) is 2.39. The lowest BCUT2D eigenvalue weighted by atomic mass is 10.2. The van der Waals surface area contributed by atoms with Gasteiger partial charge in [0.2, 0.25) is 0 Å². The van der Waals surface area contributed by atoms with E-state index < -0.39 is 12.0 Å². The van der Waals surface area contributed by atoms with Crippen LogP contribution >= 0.6 is 24.8 Å². The smallest absolute Gasteiger partial charge is 0.320 e. The minimum Gasteiger partial charge on any atom is -0.480 e. The van der Waals surface area contributed by atoms with Gasteiger partial charge in [0.25, 0.3) is 0 Å². The Kier molecular flexibility index (Phi) is 30.6. The zero-order valence-electron chi connectivity index (χ0n) is 8.55. The van der Waals surface area contributed by atoms with Gasteiger partial charge < -0.3 is 33.3 Å². The molecule has 0 aromatic rings. The van der Waals surface area contributed by atoms with Crippen LogP contribution in [-0.4, -0.2) is 40.6 Å². The molecule has 10 heteroatoms. The van der Waals surface area contributed by atoms with Gasteiger partial charge >= 0.3 is 5.97 Å². The van der Waals surface area contributed by atoms with Crippen LogP contribution in [-0.2, 0) is 4.79 Å². The Balaban J connectivity index is -0.000000101. The molecule has 0 unspecified atom stereocenters. The van der Waals surface area contributed by atoms with E-state index >= 15 is 0 Å². The maximum Gasteiger partial charge on any atom is 0.320 e. The Hall–Kier alpha value is -0.800. The summed E-state index contributed by atoms with van der Waals surface area (Å²) in [5, 5.41) is 8.38. The summed E-state index contributed by atoms with van der Waals surface area (Å²) in [7, 11) is 0. The molecule has 16 heavy (non-hydrogen) atoms. The molecule has 0 aliphatic carbocycles. The topological polar surface area (TPSA) is 191 Å². The van der Waals surface area contributed by atoms with Crippen LogP contribution in [0.1, 0.15) is 12.8 Å². The Bertz CT molecular complexity index is 189. The van der Waals surface area contributed by atoms with Gasteiger partial charge in [0.1, 0.15) is 6.04 Å². The number of carboxylic acid groups (broad SMARTS) is 1. The SMILES string of the molecule is Cl.Cl.NC(N)=NCCC[C@H](N)C(=O)O.O.O. The maximum atomic E-state index is 10.2. The highest BCUT2D eigenvalue weighted by Gasteiger charge is 2.09. The molecule has 0 aromatic heterocycles. The van der Waals surface area contributed by atoms with Crippen molar-refractivity contribution in [3.8, 4) is 0 Å². The molecule has 8 nitrogen and oxygen atoms in total. The molecule has 0 rings (SSSR count). The van der Waals surface area contributed by atoms with E-state index in [2.05, 4.69) is 4.99 Å². The van der Waals surface area contributed by atoms with E-state index in [1.807, 2.05) is 0 Å². The van der Waals surface area contributed by atoms with Crippen molar-refractivity contribution in [2.24, 2.45) is 22.2 Å². The number of rotatable bonds is 5. The molecule has 0 saturated heterocycles. The van der Waals surface area contributed by atoms with Crippen molar-refractivity contribution in [2.75, 3.05) is 6.54 Å². The number of carboxylic acids is 1. The summed E-state index contributed by atoms with van der Waals surface area (Å²) in [5.74, 6) is -0.987. The lowest BCUT2D eigenvalue weighted by Crippen LogP contribution is -2.30. The number of carbonyl (C=O) groups is 1. The average molecular weight is 283 g/mol. The number of nitrogens with two attached hydrogens (primary N) is 3. The molecular weight excluding hydrogens is 263 g/mol. The van der Waals surface area contributed by atoms with E-state index in [1.165, 1.54) is 0 Å². The molecule has 0 aromatic carbocycles. The first kappa shape index (κ1) is 29.5. The highest BCUT2D eigenvalue weighted by molar-refractivity contribution is 5.85. The number of hydrogen-bond acceptors (Lipinski definition) is 3. The van der Waals surface area contributed by atoms with Gasteiger partial charge in [-0.2, -0.15) is 0 Å². The van der Waals surface area contributed by atoms with Gasteiger partial charge in [-0.25, -0.2) is 0 Å². The lowest BCUT2D eigenvalue weighted by molar-refractivity contribution is -0.138. The molecular formula is C6H20Cl2N4O4. The van der Waals surface area contributed by atoms with E-state index in [4.69, 9.17) is 22.3 Å². The first-order chi connectivity index (χ1) is 5.54. The first-order valence-electron chi connectivity index (χ1n) is 3.58. The molecule has 102 valence electrons. The predicted octanol–water partition coefficient (Wildman–Crippen LogP) is -2.35. The number of halogens is 2. The molecule has 11 N–H and O–H groups in total. The average Bonchev–Trinajstić information content (AvgIpc) is 1.97. The zero-order valence-corrected chi connectivity index (χ0v) is 10.2. The van der Waals surface area contributed by atoms with Gasteiger partial charge in [0.15, 0.2) is 5.96 Å². The number of aliphatic carboxylic acids is 1. The molecule has 0 fully saturated rings. The van der Waals surface area contributed by atoms with Crippen LogP contribution in [0.5, 0.6) is 0 Å². The molecule has 0 radical (unpaired) electrons. The minimum atomic E-state index is -1.00. The fraction of sp³-hybridized carbons (Fsp3) is 0.667. The van der Waals surface area contributed by atoms with Gasteiger partial charge in [0, 0.05) is 6.54 Å². The highest BCUT2D eigenvalue weighted by Crippen LogP contribution is 1.94. The number of aliphatic imine (C=N–C) groups is 1. The number of nitrogens with zero attached hydrogens (tertiary/aromatic N) is 1. The van der Waals surface area contributed by atoms with Crippen molar-refractivity contribution < 1.29 is 20.9 Å². The Morgan fingerprint density at radius 2 is 1.69 bits per heavy atom. The van der Waals surface area contributed by atoms with Crippen LogP contribution < -0.4 is 17.2 Å². The third-order valence-corrected chi connectivity index (χ3v) is 1.28. The van der Waals surface area contributed by atoms with Crippen molar-refractivity contribution in [1.29, 1.82) is 0 Å². The summed E-state index contributed by atoms with van der Waals surface area (Å²) in [5.41, 5.74) is 15.3.